The highest BCUT2D eigenvalue weighted by molar-refractivity contribution is 5.78. The van der Waals surface area contributed by atoms with Crippen molar-refractivity contribution in [2.24, 2.45) is 17.6 Å². The predicted molar refractivity (Wildman–Crippen MR) is 79.9 cm³/mol. The first-order valence-corrected chi connectivity index (χ1v) is 7.66. The number of rotatable bonds is 7. The summed E-state index contributed by atoms with van der Waals surface area (Å²) in [5.74, 6) is 1.31. The topological polar surface area (TPSA) is 49.6 Å². The van der Waals surface area contributed by atoms with Gasteiger partial charge in [-0.1, -0.05) is 27.7 Å². The van der Waals surface area contributed by atoms with E-state index in [-0.39, 0.29) is 5.91 Å². The van der Waals surface area contributed by atoms with E-state index in [9.17, 15) is 4.79 Å². The van der Waals surface area contributed by atoms with E-state index in [2.05, 4.69) is 32.6 Å². The Bertz CT molecular complexity index is 269. The molecule has 1 amide bonds. The first kappa shape index (κ1) is 16.4. The summed E-state index contributed by atoms with van der Waals surface area (Å²) in [6.45, 7) is 12.6. The molecule has 112 valence electrons. The van der Waals surface area contributed by atoms with Crippen LogP contribution in [0.3, 0.4) is 0 Å². The summed E-state index contributed by atoms with van der Waals surface area (Å²) in [4.78, 5) is 16.8. The Morgan fingerprint density at radius 3 is 2.32 bits per heavy atom. The van der Waals surface area contributed by atoms with Gasteiger partial charge in [-0.05, 0) is 31.2 Å². The molecule has 1 unspecified atom stereocenters. The van der Waals surface area contributed by atoms with Gasteiger partial charge in [0.2, 0.25) is 5.91 Å². The largest absolute Gasteiger partial charge is 0.341 e. The molecule has 0 aliphatic carbocycles. The van der Waals surface area contributed by atoms with Gasteiger partial charge in [-0.25, -0.2) is 0 Å². The van der Waals surface area contributed by atoms with Gasteiger partial charge in [0.05, 0.1) is 6.54 Å². The summed E-state index contributed by atoms with van der Waals surface area (Å²) in [6.07, 6.45) is 2.31. The molecule has 1 aliphatic heterocycles. The summed E-state index contributed by atoms with van der Waals surface area (Å²) in [7, 11) is 0. The first-order valence-electron chi connectivity index (χ1n) is 7.66. The quantitative estimate of drug-likeness (QED) is 0.763. The maximum absolute atomic E-state index is 12.5. The van der Waals surface area contributed by atoms with E-state index in [4.69, 9.17) is 5.73 Å². The fourth-order valence-corrected chi connectivity index (χ4v) is 2.80. The lowest BCUT2D eigenvalue weighted by Crippen LogP contribution is -2.46. The number of likely N-dealkylation sites (tertiary alicyclic amines) is 1. The van der Waals surface area contributed by atoms with Crippen LogP contribution in [0, 0.1) is 11.8 Å². The zero-order valence-electron chi connectivity index (χ0n) is 13.1. The molecular weight excluding hydrogens is 238 g/mol. The van der Waals surface area contributed by atoms with Crippen LogP contribution in [0.1, 0.15) is 40.5 Å². The molecule has 4 nitrogen and oxygen atoms in total. The molecule has 0 radical (unpaired) electrons. The lowest BCUT2D eigenvalue weighted by molar-refractivity contribution is -0.133. The lowest BCUT2D eigenvalue weighted by Gasteiger charge is -2.30. The normalized spacial score (nSPS) is 20.5. The predicted octanol–water partition coefficient (Wildman–Crippen LogP) is 1.55. The number of amides is 1. The highest BCUT2D eigenvalue weighted by atomic mass is 16.2. The van der Waals surface area contributed by atoms with Gasteiger partial charge in [0.15, 0.2) is 0 Å². The average Bonchev–Trinajstić information content (AvgIpc) is 2.74. The second-order valence-electron chi connectivity index (χ2n) is 6.59. The Balaban J connectivity index is 2.55. The van der Waals surface area contributed by atoms with Crippen molar-refractivity contribution >= 4 is 5.91 Å². The maximum atomic E-state index is 12.5. The molecule has 0 bridgehead atoms. The maximum Gasteiger partial charge on any atom is 0.236 e. The van der Waals surface area contributed by atoms with Gasteiger partial charge in [-0.3, -0.25) is 9.69 Å². The Kier molecular flexibility index (Phi) is 6.80. The smallest absolute Gasteiger partial charge is 0.236 e. The van der Waals surface area contributed by atoms with E-state index in [1.54, 1.807) is 0 Å². The molecule has 19 heavy (non-hydrogen) atoms. The van der Waals surface area contributed by atoms with Gasteiger partial charge in [0, 0.05) is 25.7 Å². The Morgan fingerprint density at radius 1 is 1.26 bits per heavy atom. The zero-order valence-corrected chi connectivity index (χ0v) is 13.1. The second-order valence-corrected chi connectivity index (χ2v) is 6.59. The van der Waals surface area contributed by atoms with E-state index in [1.165, 1.54) is 6.42 Å². The van der Waals surface area contributed by atoms with Crippen molar-refractivity contribution in [1.82, 2.24) is 9.80 Å². The number of hydrogen-bond donors (Lipinski definition) is 1. The van der Waals surface area contributed by atoms with Crippen molar-refractivity contribution in [3.63, 3.8) is 0 Å². The molecule has 0 aromatic heterocycles. The fourth-order valence-electron chi connectivity index (χ4n) is 2.80. The van der Waals surface area contributed by atoms with Gasteiger partial charge in [0.1, 0.15) is 0 Å². The molecule has 1 heterocycles. The number of nitrogens with two attached hydrogens (primary N) is 1. The van der Waals surface area contributed by atoms with Crippen molar-refractivity contribution < 1.29 is 4.79 Å². The van der Waals surface area contributed by atoms with Crippen LogP contribution < -0.4 is 5.73 Å². The van der Waals surface area contributed by atoms with Gasteiger partial charge in [0.25, 0.3) is 0 Å². The third-order valence-electron chi connectivity index (χ3n) is 3.63. The Labute approximate surface area is 118 Å². The molecule has 4 heteroatoms. The third kappa shape index (κ3) is 5.49. The average molecular weight is 269 g/mol. The number of nitrogens with zero attached hydrogens (tertiary/aromatic N) is 2. The summed E-state index contributed by atoms with van der Waals surface area (Å²) < 4.78 is 0. The molecule has 0 spiro atoms. The van der Waals surface area contributed by atoms with Gasteiger partial charge in [-0.15, -0.1) is 0 Å². The van der Waals surface area contributed by atoms with Crippen LogP contribution in [0.25, 0.3) is 0 Å². The highest BCUT2D eigenvalue weighted by Gasteiger charge is 2.27. The Morgan fingerprint density at radius 2 is 1.84 bits per heavy atom. The van der Waals surface area contributed by atoms with Crippen molar-refractivity contribution in [2.75, 3.05) is 32.7 Å². The molecule has 1 aliphatic rings. The molecule has 0 saturated carbocycles. The molecule has 0 aromatic carbocycles. The number of carbonyl (C=O) groups is 1. The minimum absolute atomic E-state index is 0.266. The summed E-state index contributed by atoms with van der Waals surface area (Å²) in [5.41, 5.74) is 5.77. The van der Waals surface area contributed by atoms with Crippen LogP contribution in [0.5, 0.6) is 0 Å². The molecule has 1 fully saturated rings. The molecular formula is C15H31N3O. The van der Waals surface area contributed by atoms with Crippen molar-refractivity contribution in [3.05, 3.63) is 0 Å². The molecule has 1 saturated heterocycles. The van der Waals surface area contributed by atoms with Crippen LogP contribution in [-0.2, 0) is 4.79 Å². The van der Waals surface area contributed by atoms with Crippen LogP contribution >= 0.6 is 0 Å². The van der Waals surface area contributed by atoms with E-state index >= 15 is 0 Å². The standard InChI is InChI=1S/C15H31N3O/c1-12(2)9-18(10-13(3)4)15(19)11-17-7-5-6-14(17)8-16/h12-14H,5-11,16H2,1-4H3. The minimum atomic E-state index is 0.266. The van der Waals surface area contributed by atoms with E-state index < -0.39 is 0 Å². The molecule has 0 aromatic rings. The zero-order chi connectivity index (χ0) is 14.4. The SMILES string of the molecule is CC(C)CN(CC(C)C)C(=O)CN1CCCC1CN. The van der Waals surface area contributed by atoms with Crippen LogP contribution in [0.2, 0.25) is 0 Å². The van der Waals surface area contributed by atoms with E-state index in [1.807, 2.05) is 4.90 Å². The minimum Gasteiger partial charge on any atom is -0.341 e. The van der Waals surface area contributed by atoms with Crippen LogP contribution in [0.4, 0.5) is 0 Å². The number of hydrogen-bond acceptors (Lipinski definition) is 3. The van der Waals surface area contributed by atoms with Crippen molar-refractivity contribution in [2.45, 2.75) is 46.6 Å². The third-order valence-corrected chi connectivity index (χ3v) is 3.63. The molecule has 2 N–H and O–H groups in total. The van der Waals surface area contributed by atoms with Gasteiger partial charge in [-0.2, -0.15) is 0 Å². The first-order chi connectivity index (χ1) is 8.93. The summed E-state index contributed by atoms with van der Waals surface area (Å²) >= 11 is 0. The van der Waals surface area contributed by atoms with Crippen LogP contribution in [0.15, 0.2) is 0 Å². The van der Waals surface area contributed by atoms with E-state index in [0.717, 1.165) is 26.1 Å². The van der Waals surface area contributed by atoms with Crippen molar-refractivity contribution in [3.8, 4) is 0 Å². The second kappa shape index (κ2) is 7.85. The van der Waals surface area contributed by atoms with Gasteiger partial charge < -0.3 is 10.6 Å². The monoisotopic (exact) mass is 269 g/mol. The van der Waals surface area contributed by atoms with Gasteiger partial charge >= 0.3 is 0 Å². The fraction of sp³-hybridized carbons (Fsp3) is 0.933. The molecule has 1 rings (SSSR count). The summed E-state index contributed by atoms with van der Waals surface area (Å²) in [5, 5.41) is 0. The Hall–Kier alpha value is -0.610. The highest BCUT2D eigenvalue weighted by Crippen LogP contribution is 2.16. The van der Waals surface area contributed by atoms with E-state index in [0.29, 0.717) is 31.0 Å². The molecule has 1 atom stereocenters. The van der Waals surface area contributed by atoms with Crippen molar-refractivity contribution in [1.29, 1.82) is 0 Å². The lowest BCUT2D eigenvalue weighted by atomic mass is 10.1. The van der Waals surface area contributed by atoms with Crippen LogP contribution in [-0.4, -0.2) is 54.5 Å². The summed E-state index contributed by atoms with van der Waals surface area (Å²) in [6, 6.07) is 0.406. The number of carbonyl (C=O) groups excluding carboxylic acids is 1.